The van der Waals surface area contributed by atoms with Crippen molar-refractivity contribution in [1.82, 2.24) is 5.32 Å². The molecule has 0 aliphatic carbocycles. The summed E-state index contributed by atoms with van der Waals surface area (Å²) >= 11 is 1.53. The van der Waals surface area contributed by atoms with Gasteiger partial charge in [-0.25, -0.2) is 0 Å². The molecule has 112 valence electrons. The molecule has 4 N–H and O–H groups in total. The Bertz CT molecular complexity index is 544. The van der Waals surface area contributed by atoms with Crippen LogP contribution < -0.4 is 11.1 Å². The van der Waals surface area contributed by atoms with E-state index in [0.29, 0.717) is 6.42 Å². The Morgan fingerprint density at radius 2 is 2.05 bits per heavy atom. The Labute approximate surface area is 128 Å². The molecular formula is C16H20N2O2S. The van der Waals surface area contributed by atoms with Crippen molar-refractivity contribution in [2.24, 2.45) is 5.73 Å². The van der Waals surface area contributed by atoms with Gasteiger partial charge in [0.25, 0.3) is 0 Å². The Hall–Kier alpha value is -1.69. The first kappa shape index (κ1) is 15.7. The molecule has 1 aromatic heterocycles. The summed E-state index contributed by atoms with van der Waals surface area (Å²) in [4.78, 5) is 11.3. The van der Waals surface area contributed by atoms with Crippen LogP contribution in [-0.4, -0.2) is 23.7 Å². The summed E-state index contributed by atoms with van der Waals surface area (Å²) < 4.78 is 0. The molecule has 1 aliphatic heterocycles. The minimum absolute atomic E-state index is 0.424. The van der Waals surface area contributed by atoms with Gasteiger partial charge in [-0.05, 0) is 35.5 Å². The number of rotatable bonds is 3. The highest BCUT2D eigenvalue weighted by molar-refractivity contribution is 7.09. The van der Waals surface area contributed by atoms with E-state index < -0.39 is 12.0 Å². The number of carboxylic acid groups (broad SMARTS) is 1. The van der Waals surface area contributed by atoms with Crippen LogP contribution in [0.1, 0.15) is 16.0 Å². The molecule has 4 nitrogen and oxygen atoms in total. The number of nitrogens with two attached hydrogens (primary N) is 1. The quantitative estimate of drug-likeness (QED) is 0.811. The van der Waals surface area contributed by atoms with Crippen LogP contribution in [0, 0.1) is 0 Å². The van der Waals surface area contributed by atoms with Gasteiger partial charge >= 0.3 is 5.97 Å². The van der Waals surface area contributed by atoms with Crippen LogP contribution in [-0.2, 0) is 24.2 Å². The molecule has 0 bridgehead atoms. The fourth-order valence-corrected chi connectivity index (χ4v) is 2.92. The van der Waals surface area contributed by atoms with Gasteiger partial charge in [0.2, 0.25) is 0 Å². The van der Waals surface area contributed by atoms with Crippen LogP contribution >= 0.6 is 11.3 Å². The molecular weight excluding hydrogens is 284 g/mol. The van der Waals surface area contributed by atoms with Crippen molar-refractivity contribution in [1.29, 1.82) is 0 Å². The minimum atomic E-state index is -0.946. The van der Waals surface area contributed by atoms with E-state index in [2.05, 4.69) is 29.6 Å². The number of hydrogen-bond donors (Lipinski definition) is 3. The first-order valence-corrected chi connectivity index (χ1v) is 7.83. The summed E-state index contributed by atoms with van der Waals surface area (Å²) in [5.41, 5.74) is 8.30. The van der Waals surface area contributed by atoms with Gasteiger partial charge in [-0.15, -0.1) is 11.3 Å². The second kappa shape index (κ2) is 7.93. The van der Waals surface area contributed by atoms with Crippen molar-refractivity contribution in [2.75, 3.05) is 6.54 Å². The average molecular weight is 304 g/mol. The number of thiophene rings is 1. The third kappa shape index (κ3) is 4.97. The van der Waals surface area contributed by atoms with Crippen molar-refractivity contribution >= 4 is 17.3 Å². The monoisotopic (exact) mass is 304 g/mol. The molecule has 2 aromatic rings. The second-order valence-corrected chi connectivity index (χ2v) is 5.96. The zero-order valence-corrected chi connectivity index (χ0v) is 12.6. The zero-order valence-electron chi connectivity index (χ0n) is 11.8. The summed E-state index contributed by atoms with van der Waals surface area (Å²) in [5.74, 6) is -0.946. The molecule has 0 fully saturated rings. The lowest BCUT2D eigenvalue weighted by Gasteiger charge is -2.15. The van der Waals surface area contributed by atoms with E-state index in [4.69, 9.17) is 10.8 Å². The van der Waals surface area contributed by atoms with Crippen LogP contribution in [0.3, 0.4) is 0 Å². The first-order valence-electron chi connectivity index (χ1n) is 6.95. The molecule has 3 rings (SSSR count). The van der Waals surface area contributed by atoms with Crippen molar-refractivity contribution < 1.29 is 9.90 Å². The highest BCUT2D eigenvalue weighted by Crippen LogP contribution is 2.12. The van der Waals surface area contributed by atoms with Crippen molar-refractivity contribution in [3.05, 3.63) is 57.8 Å². The fraction of sp³-hybridized carbons (Fsp3) is 0.312. The first-order chi connectivity index (χ1) is 10.2. The molecule has 1 atom stereocenters. The van der Waals surface area contributed by atoms with E-state index in [1.807, 2.05) is 17.5 Å². The summed E-state index contributed by atoms with van der Waals surface area (Å²) in [6.07, 6.45) is 1.61. The van der Waals surface area contributed by atoms with Crippen LogP contribution in [0.2, 0.25) is 0 Å². The van der Waals surface area contributed by atoms with Gasteiger partial charge in [0, 0.05) is 17.8 Å². The molecule has 0 saturated heterocycles. The summed E-state index contributed by atoms with van der Waals surface area (Å²) in [7, 11) is 0. The zero-order chi connectivity index (χ0) is 15.1. The number of benzene rings is 1. The largest absolute Gasteiger partial charge is 0.480 e. The standard InChI is InChI=1S/C9H11N.C7H9NO2S/c1-2-4-9-7-10-6-5-8(9)3-1;8-6(7(9)10)4-5-2-1-3-11-5/h1-4,10H,5-7H2;1-3,6H,4,8H2,(H,9,10)/t;6-/m.0/s1. The Balaban J connectivity index is 0.000000154. The normalized spacial score (nSPS) is 14.5. The second-order valence-electron chi connectivity index (χ2n) is 4.92. The number of hydrogen-bond acceptors (Lipinski definition) is 4. The van der Waals surface area contributed by atoms with Gasteiger partial charge < -0.3 is 16.2 Å². The molecule has 21 heavy (non-hydrogen) atoms. The number of carboxylic acids is 1. The highest BCUT2D eigenvalue weighted by Gasteiger charge is 2.11. The lowest BCUT2D eigenvalue weighted by molar-refractivity contribution is -0.138. The van der Waals surface area contributed by atoms with Gasteiger partial charge in [-0.1, -0.05) is 30.3 Å². The molecule has 5 heteroatoms. The van der Waals surface area contributed by atoms with E-state index in [9.17, 15) is 4.79 Å². The van der Waals surface area contributed by atoms with E-state index in [0.717, 1.165) is 18.0 Å². The predicted octanol–water partition coefficient (Wildman–Crippen LogP) is 2.03. The number of nitrogens with one attached hydrogen (secondary N) is 1. The average Bonchev–Trinajstić information content (AvgIpc) is 3.01. The highest BCUT2D eigenvalue weighted by atomic mass is 32.1. The Kier molecular flexibility index (Phi) is 5.92. The molecule has 0 unspecified atom stereocenters. The maximum absolute atomic E-state index is 10.3. The van der Waals surface area contributed by atoms with Gasteiger partial charge in [0.05, 0.1) is 0 Å². The molecule has 0 saturated carbocycles. The smallest absolute Gasteiger partial charge is 0.320 e. The summed E-state index contributed by atoms with van der Waals surface area (Å²) in [6.45, 7) is 2.19. The minimum Gasteiger partial charge on any atom is -0.480 e. The number of carbonyl (C=O) groups is 1. The molecule has 0 spiro atoms. The van der Waals surface area contributed by atoms with Gasteiger partial charge in [0.1, 0.15) is 6.04 Å². The topological polar surface area (TPSA) is 75.4 Å². The predicted molar refractivity (Wildman–Crippen MR) is 85.5 cm³/mol. The molecule has 1 aromatic carbocycles. The maximum Gasteiger partial charge on any atom is 0.320 e. The summed E-state index contributed by atoms with van der Waals surface area (Å²) in [6, 6.07) is 11.6. The molecule has 1 aliphatic rings. The number of fused-ring (bicyclic) bond motifs is 1. The van der Waals surface area contributed by atoms with E-state index in [1.54, 1.807) is 0 Å². The van der Waals surface area contributed by atoms with Crippen molar-refractivity contribution in [3.63, 3.8) is 0 Å². The van der Waals surface area contributed by atoms with E-state index in [-0.39, 0.29) is 0 Å². The Morgan fingerprint density at radius 1 is 1.29 bits per heavy atom. The van der Waals surface area contributed by atoms with Gasteiger partial charge in [-0.2, -0.15) is 0 Å². The fourth-order valence-electron chi connectivity index (χ4n) is 2.15. The van der Waals surface area contributed by atoms with Gasteiger partial charge in [-0.3, -0.25) is 4.79 Å². The molecule has 0 amide bonds. The van der Waals surface area contributed by atoms with Crippen LogP contribution in [0.15, 0.2) is 41.8 Å². The summed E-state index contributed by atoms with van der Waals surface area (Å²) in [5, 5.41) is 13.7. The maximum atomic E-state index is 10.3. The van der Waals surface area contributed by atoms with E-state index in [1.165, 1.54) is 28.9 Å². The van der Waals surface area contributed by atoms with Gasteiger partial charge in [0.15, 0.2) is 0 Å². The van der Waals surface area contributed by atoms with Crippen molar-refractivity contribution in [2.45, 2.75) is 25.4 Å². The van der Waals surface area contributed by atoms with Crippen LogP contribution in [0.4, 0.5) is 0 Å². The van der Waals surface area contributed by atoms with Crippen LogP contribution in [0.25, 0.3) is 0 Å². The van der Waals surface area contributed by atoms with Crippen molar-refractivity contribution in [3.8, 4) is 0 Å². The molecule has 2 heterocycles. The lowest BCUT2D eigenvalue weighted by atomic mass is 10.0. The Morgan fingerprint density at radius 3 is 2.67 bits per heavy atom. The molecule has 0 radical (unpaired) electrons. The SMILES string of the molecule is N[C@@H](Cc1cccs1)C(=O)O.c1ccc2c(c1)CCNC2. The number of aliphatic carboxylic acids is 1. The lowest BCUT2D eigenvalue weighted by Crippen LogP contribution is -2.31. The van der Waals surface area contributed by atoms with Crippen LogP contribution in [0.5, 0.6) is 0 Å². The van der Waals surface area contributed by atoms with E-state index >= 15 is 0 Å². The third-order valence-electron chi connectivity index (χ3n) is 3.32. The third-order valence-corrected chi connectivity index (χ3v) is 4.22.